The third-order valence-electron chi connectivity index (χ3n) is 2.34. The zero-order chi connectivity index (χ0) is 10.7. The standard InChI is InChI=1S/C12H15BrO/c1-8-4-5-11(9(2)6-8)7-12(13)10(3)14/h4-6,12H,7H2,1-3H3. The lowest BCUT2D eigenvalue weighted by Gasteiger charge is -2.09. The van der Waals surface area contributed by atoms with E-state index in [1.807, 2.05) is 0 Å². The Morgan fingerprint density at radius 2 is 2.07 bits per heavy atom. The molecule has 2 heteroatoms. The summed E-state index contributed by atoms with van der Waals surface area (Å²) >= 11 is 3.38. The largest absolute Gasteiger partial charge is 0.299 e. The van der Waals surface area contributed by atoms with Gasteiger partial charge in [-0.25, -0.2) is 0 Å². The first-order valence-corrected chi connectivity index (χ1v) is 5.63. The van der Waals surface area contributed by atoms with Gasteiger partial charge in [-0.05, 0) is 38.3 Å². The van der Waals surface area contributed by atoms with Gasteiger partial charge in [-0.2, -0.15) is 0 Å². The molecule has 0 amide bonds. The summed E-state index contributed by atoms with van der Waals surface area (Å²) in [6.07, 6.45) is 0.779. The minimum Gasteiger partial charge on any atom is -0.299 e. The highest BCUT2D eigenvalue weighted by Gasteiger charge is 2.11. The quantitative estimate of drug-likeness (QED) is 0.758. The van der Waals surface area contributed by atoms with E-state index >= 15 is 0 Å². The maximum Gasteiger partial charge on any atom is 0.143 e. The Hall–Kier alpha value is -0.630. The number of carbonyl (C=O) groups excluding carboxylic acids is 1. The minimum atomic E-state index is -0.0519. The highest BCUT2D eigenvalue weighted by atomic mass is 79.9. The van der Waals surface area contributed by atoms with Gasteiger partial charge in [0.15, 0.2) is 0 Å². The van der Waals surface area contributed by atoms with Gasteiger partial charge in [0.1, 0.15) is 5.78 Å². The first-order valence-electron chi connectivity index (χ1n) is 4.71. The Balaban J connectivity index is 2.82. The number of Topliss-reactive ketones (excluding diaryl/α,β-unsaturated/α-hetero) is 1. The molecular weight excluding hydrogens is 240 g/mol. The number of benzene rings is 1. The second-order valence-electron chi connectivity index (χ2n) is 3.71. The SMILES string of the molecule is CC(=O)C(Br)Cc1ccc(C)cc1C. The van der Waals surface area contributed by atoms with E-state index < -0.39 is 0 Å². The van der Waals surface area contributed by atoms with Crippen molar-refractivity contribution in [2.45, 2.75) is 32.0 Å². The summed E-state index contributed by atoms with van der Waals surface area (Å²) in [5.74, 6) is 0.185. The lowest BCUT2D eigenvalue weighted by atomic mass is 10.0. The van der Waals surface area contributed by atoms with Gasteiger partial charge in [0.05, 0.1) is 4.83 Å². The third kappa shape index (κ3) is 2.95. The highest BCUT2D eigenvalue weighted by molar-refractivity contribution is 9.10. The number of halogens is 1. The number of ketones is 1. The number of alkyl halides is 1. The molecule has 0 aliphatic rings. The number of aryl methyl sites for hydroxylation is 2. The zero-order valence-corrected chi connectivity index (χ0v) is 10.4. The number of hydrogen-bond acceptors (Lipinski definition) is 1. The fourth-order valence-corrected chi connectivity index (χ4v) is 1.76. The van der Waals surface area contributed by atoms with Crippen LogP contribution in [0.4, 0.5) is 0 Å². The summed E-state index contributed by atoms with van der Waals surface area (Å²) in [4.78, 5) is 11.0. The first-order chi connectivity index (χ1) is 6.50. The van der Waals surface area contributed by atoms with Crippen LogP contribution in [0.25, 0.3) is 0 Å². The molecule has 0 fully saturated rings. The van der Waals surface area contributed by atoms with E-state index in [1.165, 1.54) is 16.7 Å². The zero-order valence-electron chi connectivity index (χ0n) is 8.80. The van der Waals surface area contributed by atoms with Crippen LogP contribution in [0.5, 0.6) is 0 Å². The average molecular weight is 255 g/mol. The van der Waals surface area contributed by atoms with Crippen LogP contribution in [0.2, 0.25) is 0 Å². The van der Waals surface area contributed by atoms with Crippen LogP contribution < -0.4 is 0 Å². The molecule has 0 spiro atoms. The molecule has 0 aliphatic heterocycles. The van der Waals surface area contributed by atoms with Crippen molar-refractivity contribution in [2.24, 2.45) is 0 Å². The van der Waals surface area contributed by atoms with Gasteiger partial charge < -0.3 is 0 Å². The molecular formula is C12H15BrO. The van der Waals surface area contributed by atoms with E-state index in [9.17, 15) is 4.79 Å². The molecule has 0 radical (unpaired) electrons. The molecule has 1 unspecified atom stereocenters. The van der Waals surface area contributed by atoms with Gasteiger partial charge >= 0.3 is 0 Å². The van der Waals surface area contributed by atoms with Crippen LogP contribution in [-0.4, -0.2) is 10.6 Å². The maximum absolute atomic E-state index is 11.1. The van der Waals surface area contributed by atoms with E-state index in [2.05, 4.69) is 48.0 Å². The van der Waals surface area contributed by atoms with Crippen molar-refractivity contribution in [3.05, 3.63) is 34.9 Å². The van der Waals surface area contributed by atoms with Crippen molar-refractivity contribution in [1.82, 2.24) is 0 Å². The number of rotatable bonds is 3. The van der Waals surface area contributed by atoms with Gasteiger partial charge in [-0.3, -0.25) is 4.79 Å². The monoisotopic (exact) mass is 254 g/mol. The third-order valence-corrected chi connectivity index (χ3v) is 3.31. The molecule has 1 rings (SSSR count). The summed E-state index contributed by atoms with van der Waals surface area (Å²) < 4.78 is 0. The van der Waals surface area contributed by atoms with Crippen LogP contribution in [0.1, 0.15) is 23.6 Å². The molecule has 0 saturated carbocycles. The summed E-state index contributed by atoms with van der Waals surface area (Å²) in [6, 6.07) is 6.33. The minimum absolute atomic E-state index is 0.0519. The predicted molar refractivity (Wildman–Crippen MR) is 63.0 cm³/mol. The van der Waals surface area contributed by atoms with Crippen LogP contribution in [0.15, 0.2) is 18.2 Å². The second-order valence-corrected chi connectivity index (χ2v) is 4.82. The molecule has 0 aromatic heterocycles. The van der Waals surface area contributed by atoms with E-state index in [-0.39, 0.29) is 10.6 Å². The van der Waals surface area contributed by atoms with Gasteiger partial charge in [0, 0.05) is 0 Å². The summed E-state index contributed by atoms with van der Waals surface area (Å²) in [6.45, 7) is 5.78. The van der Waals surface area contributed by atoms with E-state index in [0.29, 0.717) is 0 Å². The van der Waals surface area contributed by atoms with Crippen molar-refractivity contribution in [2.75, 3.05) is 0 Å². The Morgan fingerprint density at radius 1 is 1.43 bits per heavy atom. The van der Waals surface area contributed by atoms with Crippen molar-refractivity contribution in [3.63, 3.8) is 0 Å². The van der Waals surface area contributed by atoms with Crippen LogP contribution in [0, 0.1) is 13.8 Å². The molecule has 1 atom stereocenters. The predicted octanol–water partition coefficient (Wildman–Crippen LogP) is 3.20. The Kier molecular flexibility index (Phi) is 3.87. The molecule has 0 saturated heterocycles. The molecule has 0 bridgehead atoms. The second kappa shape index (κ2) is 4.74. The normalized spacial score (nSPS) is 12.6. The number of hydrogen-bond donors (Lipinski definition) is 0. The molecule has 1 aromatic carbocycles. The maximum atomic E-state index is 11.1. The van der Waals surface area contributed by atoms with Crippen LogP contribution in [-0.2, 0) is 11.2 Å². The summed E-state index contributed by atoms with van der Waals surface area (Å²) in [5.41, 5.74) is 3.77. The van der Waals surface area contributed by atoms with Gasteiger partial charge in [-0.15, -0.1) is 0 Å². The lowest BCUT2D eigenvalue weighted by Crippen LogP contribution is -2.13. The average Bonchev–Trinajstić information content (AvgIpc) is 2.09. The van der Waals surface area contributed by atoms with Crippen molar-refractivity contribution >= 4 is 21.7 Å². The van der Waals surface area contributed by atoms with E-state index in [4.69, 9.17) is 0 Å². The van der Waals surface area contributed by atoms with E-state index in [1.54, 1.807) is 6.92 Å². The molecule has 0 heterocycles. The van der Waals surface area contributed by atoms with Crippen LogP contribution >= 0.6 is 15.9 Å². The number of carbonyl (C=O) groups is 1. The highest BCUT2D eigenvalue weighted by Crippen LogP contribution is 2.16. The fourth-order valence-electron chi connectivity index (χ4n) is 1.41. The Labute approximate surface area is 93.7 Å². The molecule has 1 aromatic rings. The first kappa shape index (κ1) is 11.4. The summed E-state index contributed by atoms with van der Waals surface area (Å²) in [5, 5.41) is 0. The molecule has 0 N–H and O–H groups in total. The topological polar surface area (TPSA) is 17.1 Å². The fraction of sp³-hybridized carbons (Fsp3) is 0.417. The summed E-state index contributed by atoms with van der Waals surface area (Å²) in [7, 11) is 0. The molecule has 76 valence electrons. The molecule has 0 aliphatic carbocycles. The van der Waals surface area contributed by atoms with Crippen LogP contribution in [0.3, 0.4) is 0 Å². The molecule has 14 heavy (non-hydrogen) atoms. The smallest absolute Gasteiger partial charge is 0.143 e. The van der Waals surface area contributed by atoms with Crippen molar-refractivity contribution in [1.29, 1.82) is 0 Å². The van der Waals surface area contributed by atoms with Gasteiger partial charge in [0.2, 0.25) is 0 Å². The Bertz CT molecular complexity index is 344. The Morgan fingerprint density at radius 3 is 2.57 bits per heavy atom. The van der Waals surface area contributed by atoms with E-state index in [0.717, 1.165) is 6.42 Å². The van der Waals surface area contributed by atoms with Gasteiger partial charge in [0.25, 0.3) is 0 Å². The lowest BCUT2D eigenvalue weighted by molar-refractivity contribution is -0.116. The molecule has 1 nitrogen and oxygen atoms in total. The van der Waals surface area contributed by atoms with Crippen molar-refractivity contribution < 1.29 is 4.79 Å². The van der Waals surface area contributed by atoms with Crippen molar-refractivity contribution in [3.8, 4) is 0 Å². The van der Waals surface area contributed by atoms with Gasteiger partial charge in [-0.1, -0.05) is 39.7 Å².